The minimum atomic E-state index is -4.66. The van der Waals surface area contributed by atoms with Crippen LogP contribution in [-0.4, -0.2) is 56.3 Å². The fourth-order valence-electron chi connectivity index (χ4n) is 4.62. The fraction of sp³-hybridized carbons (Fsp3) is 0.355. The van der Waals surface area contributed by atoms with E-state index < -0.39 is 49.9 Å². The topological polar surface area (TPSA) is 139 Å². The Morgan fingerprint density at radius 1 is 1.02 bits per heavy atom. The van der Waals surface area contributed by atoms with Gasteiger partial charge in [0.25, 0.3) is 15.7 Å². The molecule has 3 aromatic rings. The van der Waals surface area contributed by atoms with E-state index in [0.29, 0.717) is 17.1 Å². The predicted molar refractivity (Wildman–Crippen MR) is 179 cm³/mol. The lowest BCUT2D eigenvalue weighted by Crippen LogP contribution is -2.52. The molecule has 46 heavy (non-hydrogen) atoms. The van der Waals surface area contributed by atoms with Crippen LogP contribution in [-0.2, 0) is 26.2 Å². The molecule has 2 amide bonds. The van der Waals surface area contributed by atoms with Gasteiger partial charge in [-0.05, 0) is 61.2 Å². The third kappa shape index (κ3) is 8.81. The van der Waals surface area contributed by atoms with E-state index in [1.54, 1.807) is 25.1 Å². The number of carbonyl (C=O) groups excluding carboxylic acids is 2. The molecule has 0 radical (unpaired) electrons. The van der Waals surface area contributed by atoms with E-state index in [1.807, 2.05) is 13.8 Å². The van der Waals surface area contributed by atoms with E-state index in [9.17, 15) is 28.1 Å². The summed E-state index contributed by atoms with van der Waals surface area (Å²) in [5, 5.41) is 15.2. The van der Waals surface area contributed by atoms with Crippen molar-refractivity contribution < 1.29 is 27.7 Å². The van der Waals surface area contributed by atoms with Gasteiger partial charge in [0, 0.05) is 29.7 Å². The van der Waals surface area contributed by atoms with E-state index in [-0.39, 0.29) is 45.9 Å². The number of nitrogens with zero attached hydrogens (tertiary/aromatic N) is 3. The predicted octanol–water partition coefficient (Wildman–Crippen LogP) is 6.65. The molecule has 0 aliphatic rings. The molecule has 0 heterocycles. The van der Waals surface area contributed by atoms with Gasteiger partial charge in [-0.1, -0.05) is 67.7 Å². The minimum Gasteiger partial charge on any atom is -0.495 e. The second-order valence-corrected chi connectivity index (χ2v) is 14.0. The zero-order valence-corrected chi connectivity index (χ0v) is 29.0. The average molecular weight is 714 g/mol. The molecule has 15 heteroatoms. The van der Waals surface area contributed by atoms with Crippen molar-refractivity contribution in [2.45, 2.75) is 51.6 Å². The zero-order chi connectivity index (χ0) is 34.3. The Morgan fingerprint density at radius 3 is 2.30 bits per heavy atom. The number of halogens is 3. The Morgan fingerprint density at radius 2 is 1.72 bits per heavy atom. The maximum absolute atomic E-state index is 14.3. The molecule has 0 saturated heterocycles. The third-order valence-corrected chi connectivity index (χ3v) is 9.79. The monoisotopic (exact) mass is 712 g/mol. The lowest BCUT2D eigenvalue weighted by atomic mass is 10.1. The molecule has 11 nitrogen and oxygen atoms in total. The van der Waals surface area contributed by atoms with Gasteiger partial charge in [-0.25, -0.2) is 8.42 Å². The quantitative estimate of drug-likeness (QED) is 0.146. The number of benzene rings is 3. The molecule has 0 aliphatic heterocycles. The van der Waals surface area contributed by atoms with Crippen molar-refractivity contribution in [3.8, 4) is 5.75 Å². The molecule has 1 unspecified atom stereocenters. The first-order valence-corrected chi connectivity index (χ1v) is 16.8. The number of methoxy groups -OCH3 is 1. The summed E-state index contributed by atoms with van der Waals surface area (Å²) in [7, 11) is -3.34. The van der Waals surface area contributed by atoms with Gasteiger partial charge in [-0.3, -0.25) is 24.0 Å². The molecule has 3 rings (SSSR count). The van der Waals surface area contributed by atoms with Gasteiger partial charge in [0.15, 0.2) is 0 Å². The first-order valence-electron chi connectivity index (χ1n) is 14.2. The molecule has 0 fully saturated rings. The molecular formula is C31H35Cl3N4O7S. The minimum absolute atomic E-state index is 0.0696. The molecule has 248 valence electrons. The van der Waals surface area contributed by atoms with E-state index in [2.05, 4.69) is 5.32 Å². The summed E-state index contributed by atoms with van der Waals surface area (Å²) >= 11 is 18.6. The van der Waals surface area contributed by atoms with E-state index in [1.165, 1.54) is 49.3 Å². The van der Waals surface area contributed by atoms with Crippen LogP contribution < -0.4 is 14.4 Å². The second kappa shape index (κ2) is 15.8. The Hall–Kier alpha value is -3.58. The van der Waals surface area contributed by atoms with Gasteiger partial charge in [-0.2, -0.15) is 0 Å². The highest BCUT2D eigenvalue weighted by molar-refractivity contribution is 7.92. The van der Waals surface area contributed by atoms with Crippen LogP contribution in [0.4, 0.5) is 11.4 Å². The van der Waals surface area contributed by atoms with Gasteiger partial charge in [0.1, 0.15) is 18.3 Å². The molecule has 0 saturated carbocycles. The summed E-state index contributed by atoms with van der Waals surface area (Å²) in [6.45, 7) is 6.50. The second-order valence-electron chi connectivity index (χ2n) is 10.9. The van der Waals surface area contributed by atoms with Crippen LogP contribution in [0.25, 0.3) is 0 Å². The van der Waals surface area contributed by atoms with Crippen LogP contribution >= 0.6 is 34.8 Å². The largest absolute Gasteiger partial charge is 0.495 e. The fourth-order valence-corrected chi connectivity index (χ4v) is 6.55. The number of amides is 2. The third-order valence-electron chi connectivity index (χ3n) is 7.06. The first kappa shape index (κ1) is 36.9. The number of hydrogen-bond acceptors (Lipinski definition) is 7. The highest BCUT2D eigenvalue weighted by atomic mass is 35.5. The Kier molecular flexibility index (Phi) is 12.7. The zero-order valence-electron chi connectivity index (χ0n) is 25.9. The van der Waals surface area contributed by atoms with Crippen molar-refractivity contribution >= 4 is 68.0 Å². The first-order chi connectivity index (χ1) is 21.6. The van der Waals surface area contributed by atoms with Crippen LogP contribution in [0.3, 0.4) is 0 Å². The van der Waals surface area contributed by atoms with Gasteiger partial charge >= 0.3 is 0 Å². The number of nitro groups is 1. The summed E-state index contributed by atoms with van der Waals surface area (Å²) in [5.41, 5.74) is 0.289. The molecule has 0 aliphatic carbocycles. The van der Waals surface area contributed by atoms with Gasteiger partial charge in [0.05, 0.1) is 32.7 Å². The Balaban J connectivity index is 2.19. The number of ether oxygens (including phenoxy) is 1. The molecule has 1 N–H and O–H groups in total. The van der Waals surface area contributed by atoms with Gasteiger partial charge < -0.3 is 15.0 Å². The van der Waals surface area contributed by atoms with E-state index in [4.69, 9.17) is 39.5 Å². The molecule has 1 atom stereocenters. The standard InChI is InChI=1S/C31H35Cl3N4O7S/c1-6-26(31(40)35-16-19(2)3)36(17-21-8-11-24(33)25(34)13-21)30(39)18-37(28-14-22(32)9-12-29(28)45-5)46(43,44)23-10-7-20(4)27(15-23)38(41)42/h7-15,19,26H,6,16-18H2,1-5H3,(H,35,40). The highest BCUT2D eigenvalue weighted by Crippen LogP contribution is 2.36. The highest BCUT2D eigenvalue weighted by Gasteiger charge is 2.35. The maximum Gasteiger partial charge on any atom is 0.273 e. The van der Waals surface area contributed by atoms with Crippen molar-refractivity contribution in [2.24, 2.45) is 5.92 Å². The van der Waals surface area contributed by atoms with Crippen molar-refractivity contribution in [2.75, 3.05) is 24.5 Å². The van der Waals surface area contributed by atoms with Gasteiger partial charge in [-0.15, -0.1) is 0 Å². The smallest absolute Gasteiger partial charge is 0.273 e. The number of carbonyl (C=O) groups is 2. The van der Waals surface area contributed by atoms with Crippen molar-refractivity contribution in [3.05, 3.63) is 90.9 Å². The van der Waals surface area contributed by atoms with Crippen molar-refractivity contribution in [1.29, 1.82) is 0 Å². The number of aryl methyl sites for hydroxylation is 1. The molecule has 0 spiro atoms. The number of sulfonamides is 1. The number of anilines is 1. The van der Waals surface area contributed by atoms with Crippen LogP contribution in [0.15, 0.2) is 59.5 Å². The molecular weight excluding hydrogens is 679 g/mol. The lowest BCUT2D eigenvalue weighted by molar-refractivity contribution is -0.385. The van der Waals surface area contributed by atoms with Crippen molar-refractivity contribution in [1.82, 2.24) is 10.2 Å². The van der Waals surface area contributed by atoms with Crippen LogP contribution in [0.2, 0.25) is 15.1 Å². The maximum atomic E-state index is 14.3. The summed E-state index contributed by atoms with van der Waals surface area (Å²) in [6.07, 6.45) is 0.203. The average Bonchev–Trinajstić information content (AvgIpc) is 3.00. The normalized spacial score (nSPS) is 12.0. The number of hydrogen-bond donors (Lipinski definition) is 1. The van der Waals surface area contributed by atoms with Crippen LogP contribution in [0.5, 0.6) is 5.75 Å². The summed E-state index contributed by atoms with van der Waals surface area (Å²) in [5.74, 6) is -0.964. The number of rotatable bonds is 14. The molecule has 3 aromatic carbocycles. The van der Waals surface area contributed by atoms with Crippen molar-refractivity contribution in [3.63, 3.8) is 0 Å². The molecule has 0 aromatic heterocycles. The SMILES string of the molecule is CCC(C(=O)NCC(C)C)N(Cc1ccc(Cl)c(Cl)c1)C(=O)CN(c1cc(Cl)ccc1OC)S(=O)(=O)c1ccc(C)c([N+](=O)[O-])c1. The lowest BCUT2D eigenvalue weighted by Gasteiger charge is -2.33. The Labute approximate surface area is 283 Å². The van der Waals surface area contributed by atoms with E-state index >= 15 is 0 Å². The summed E-state index contributed by atoms with van der Waals surface area (Å²) in [6, 6.07) is 11.4. The number of nitro benzene ring substituents is 1. The molecule has 0 bridgehead atoms. The summed E-state index contributed by atoms with van der Waals surface area (Å²) in [4.78, 5) is 39.5. The summed E-state index contributed by atoms with van der Waals surface area (Å²) < 4.78 is 34.7. The van der Waals surface area contributed by atoms with Crippen LogP contribution in [0.1, 0.15) is 38.3 Å². The van der Waals surface area contributed by atoms with Crippen LogP contribution in [0, 0.1) is 23.0 Å². The number of nitrogens with one attached hydrogen (secondary N) is 1. The van der Waals surface area contributed by atoms with E-state index in [0.717, 1.165) is 10.4 Å². The Bertz CT molecular complexity index is 1720. The van der Waals surface area contributed by atoms with Gasteiger partial charge in [0.2, 0.25) is 11.8 Å².